The molecule has 0 saturated carbocycles. The van der Waals surface area contributed by atoms with Crippen molar-refractivity contribution < 1.29 is 42.5 Å². The molecule has 7 nitrogen and oxygen atoms in total. The van der Waals surface area contributed by atoms with Crippen LogP contribution in [0, 0.1) is 11.6 Å². The number of carboxylic acids is 1. The number of halogens is 2. The molecule has 1 unspecified atom stereocenters. The van der Waals surface area contributed by atoms with Crippen molar-refractivity contribution in [1.29, 1.82) is 0 Å². The summed E-state index contributed by atoms with van der Waals surface area (Å²) in [7, 11) is 3.04. The smallest absolute Gasteiger partial charge is 0.339 e. The fraction of sp³-hybridized carbons (Fsp3) is 0.100. The third kappa shape index (κ3) is 7.48. The fourth-order valence-corrected chi connectivity index (χ4v) is 3.57. The van der Waals surface area contributed by atoms with Gasteiger partial charge in [-0.15, -0.1) is 0 Å². The molecule has 39 heavy (non-hydrogen) atoms. The molecule has 0 spiro atoms. The van der Waals surface area contributed by atoms with Gasteiger partial charge in [0.1, 0.15) is 29.4 Å². The molecule has 0 bridgehead atoms. The van der Waals surface area contributed by atoms with E-state index < -0.39 is 12.1 Å². The average Bonchev–Trinajstić information content (AvgIpc) is 3.31. The summed E-state index contributed by atoms with van der Waals surface area (Å²) < 4.78 is 40.5. The summed E-state index contributed by atoms with van der Waals surface area (Å²) in [5, 5.41) is 8.55. The molecule has 200 valence electrons. The summed E-state index contributed by atoms with van der Waals surface area (Å²) in [6, 6.07) is 22.8. The van der Waals surface area contributed by atoms with E-state index in [1.165, 1.54) is 55.6 Å². The maximum atomic E-state index is 13.0. The predicted molar refractivity (Wildman–Crippen MR) is 138 cm³/mol. The van der Waals surface area contributed by atoms with Crippen molar-refractivity contribution >= 4 is 18.2 Å². The van der Waals surface area contributed by atoms with Crippen molar-refractivity contribution in [2.24, 2.45) is 0 Å². The summed E-state index contributed by atoms with van der Waals surface area (Å²) in [5.74, 6) is -0.816. The Hall–Kier alpha value is -5.05. The van der Waals surface area contributed by atoms with Gasteiger partial charge in [0.25, 0.3) is 0 Å². The van der Waals surface area contributed by atoms with Gasteiger partial charge in [0.05, 0.1) is 30.9 Å². The van der Waals surface area contributed by atoms with Crippen LogP contribution in [-0.4, -0.2) is 37.6 Å². The summed E-state index contributed by atoms with van der Waals surface area (Å²) in [6.45, 7) is 0. The molecule has 1 heterocycles. The van der Waals surface area contributed by atoms with Crippen LogP contribution in [0.2, 0.25) is 0 Å². The Morgan fingerprint density at radius 3 is 2.05 bits per heavy atom. The number of methoxy groups -OCH3 is 2. The Balaban J connectivity index is 0.000000179. The molecule has 1 N–H and O–H groups in total. The maximum Gasteiger partial charge on any atom is 0.339 e. The molecule has 1 atom stereocenters. The third-order valence-electron chi connectivity index (χ3n) is 5.49. The maximum absolute atomic E-state index is 13.0. The van der Waals surface area contributed by atoms with Gasteiger partial charge in [-0.2, -0.15) is 0 Å². The van der Waals surface area contributed by atoms with Gasteiger partial charge in [-0.3, -0.25) is 4.79 Å². The van der Waals surface area contributed by atoms with Crippen LogP contribution in [0.3, 0.4) is 0 Å². The van der Waals surface area contributed by atoms with Crippen LogP contribution < -0.4 is 9.47 Å². The Morgan fingerprint density at radius 1 is 0.872 bits per heavy atom. The van der Waals surface area contributed by atoms with Crippen molar-refractivity contribution in [1.82, 2.24) is 0 Å². The molecule has 0 radical (unpaired) electrons. The van der Waals surface area contributed by atoms with Crippen LogP contribution in [-0.2, 0) is 4.74 Å². The molecule has 1 aliphatic rings. The van der Waals surface area contributed by atoms with E-state index in [1.807, 2.05) is 0 Å². The van der Waals surface area contributed by atoms with Crippen molar-refractivity contribution in [2.75, 3.05) is 14.2 Å². The lowest BCUT2D eigenvalue weighted by atomic mass is 9.98. The molecular formula is C30H24F2O7. The normalized spacial score (nSPS) is 12.9. The Morgan fingerprint density at radius 2 is 1.49 bits per heavy atom. The molecular weight excluding hydrogens is 510 g/mol. The lowest BCUT2D eigenvalue weighted by molar-refractivity contribution is 0.0453. The van der Waals surface area contributed by atoms with Gasteiger partial charge in [0, 0.05) is 5.56 Å². The van der Waals surface area contributed by atoms with Crippen LogP contribution >= 0.6 is 0 Å². The number of carboxylic acid groups (broad SMARTS) is 1. The number of rotatable bonds is 5. The zero-order valence-corrected chi connectivity index (χ0v) is 21.0. The van der Waals surface area contributed by atoms with Crippen molar-refractivity contribution in [2.45, 2.75) is 6.10 Å². The van der Waals surface area contributed by atoms with Crippen molar-refractivity contribution in [3.8, 4) is 11.5 Å². The first-order valence-corrected chi connectivity index (χ1v) is 11.5. The zero-order chi connectivity index (χ0) is 28.4. The molecule has 0 fully saturated rings. The lowest BCUT2D eigenvalue weighted by Crippen LogP contribution is -2.02. The van der Waals surface area contributed by atoms with E-state index in [2.05, 4.69) is 0 Å². The van der Waals surface area contributed by atoms with Gasteiger partial charge in [-0.25, -0.2) is 18.4 Å². The summed E-state index contributed by atoms with van der Waals surface area (Å²) in [4.78, 5) is 32.2. The van der Waals surface area contributed by atoms with Crippen LogP contribution in [0.5, 0.6) is 11.5 Å². The van der Waals surface area contributed by atoms with Gasteiger partial charge >= 0.3 is 11.9 Å². The number of ether oxygens (including phenoxy) is 3. The van der Waals surface area contributed by atoms with Gasteiger partial charge in [-0.1, -0.05) is 24.3 Å². The van der Waals surface area contributed by atoms with Crippen LogP contribution in [0.4, 0.5) is 8.78 Å². The zero-order valence-electron chi connectivity index (χ0n) is 21.0. The molecule has 0 saturated heterocycles. The lowest BCUT2D eigenvalue weighted by Gasteiger charge is -2.13. The highest BCUT2D eigenvalue weighted by atomic mass is 19.1. The average molecular weight is 535 g/mol. The SMILES string of the molecule is COc1cccc(C(=O)O)c1.COc1cccc2c1C(c1ccc(F)cc1)OC2=O.O=Cc1ccc(F)cc1. The van der Waals surface area contributed by atoms with Gasteiger partial charge < -0.3 is 19.3 Å². The summed E-state index contributed by atoms with van der Waals surface area (Å²) >= 11 is 0. The highest BCUT2D eigenvalue weighted by molar-refractivity contribution is 5.95. The van der Waals surface area contributed by atoms with Crippen molar-refractivity contribution in [3.63, 3.8) is 0 Å². The van der Waals surface area contributed by atoms with E-state index in [0.29, 0.717) is 34.5 Å². The Bertz CT molecular complexity index is 1430. The first kappa shape index (κ1) is 28.5. The minimum absolute atomic E-state index is 0.240. The minimum atomic E-state index is -0.941. The van der Waals surface area contributed by atoms with E-state index in [9.17, 15) is 23.2 Å². The molecule has 1 aliphatic heterocycles. The standard InChI is InChI=1S/C15H11FO3.C8H8O3.C7H5FO/c1-18-12-4-2-3-11-13(12)14(19-15(11)17)9-5-7-10(16)8-6-9;1-11-7-4-2-3-6(5-7)8(9)10;8-7-3-1-6(5-9)2-4-7/h2-8,14H,1H3;2-5H,1H3,(H,9,10);1-5H. The van der Waals surface area contributed by atoms with E-state index >= 15 is 0 Å². The minimum Gasteiger partial charge on any atom is -0.497 e. The monoisotopic (exact) mass is 534 g/mol. The van der Waals surface area contributed by atoms with Gasteiger partial charge in [0.2, 0.25) is 0 Å². The molecule has 0 aliphatic carbocycles. The quantitative estimate of drug-likeness (QED) is 0.243. The fourth-order valence-electron chi connectivity index (χ4n) is 3.57. The van der Waals surface area contributed by atoms with Crippen LogP contribution in [0.15, 0.2) is 91.0 Å². The van der Waals surface area contributed by atoms with E-state index in [-0.39, 0.29) is 23.2 Å². The number of aromatic carboxylic acids is 1. The molecule has 4 aromatic rings. The molecule has 9 heteroatoms. The van der Waals surface area contributed by atoms with E-state index in [1.54, 1.807) is 49.6 Å². The second-order valence-corrected chi connectivity index (χ2v) is 7.96. The molecule has 4 aromatic carbocycles. The summed E-state index contributed by atoms with van der Waals surface area (Å²) in [5.41, 5.74) is 2.65. The number of cyclic esters (lactones) is 1. The molecule has 0 aromatic heterocycles. The second kappa shape index (κ2) is 13.5. The van der Waals surface area contributed by atoms with E-state index in [0.717, 1.165) is 5.56 Å². The van der Waals surface area contributed by atoms with E-state index in [4.69, 9.17) is 19.3 Å². The number of aldehydes is 1. The number of hydrogen-bond acceptors (Lipinski definition) is 6. The Labute approximate surface area is 223 Å². The highest BCUT2D eigenvalue weighted by Gasteiger charge is 2.35. The number of hydrogen-bond donors (Lipinski definition) is 1. The van der Waals surface area contributed by atoms with Crippen LogP contribution in [0.25, 0.3) is 0 Å². The number of esters is 1. The van der Waals surface area contributed by atoms with Crippen LogP contribution in [0.1, 0.15) is 48.3 Å². The second-order valence-electron chi connectivity index (χ2n) is 7.96. The number of carbonyl (C=O) groups excluding carboxylic acids is 2. The number of benzene rings is 4. The topological polar surface area (TPSA) is 99.1 Å². The highest BCUT2D eigenvalue weighted by Crippen LogP contribution is 2.41. The molecule has 0 amide bonds. The number of carbonyl (C=O) groups is 3. The van der Waals surface area contributed by atoms with Gasteiger partial charge in [-0.05, 0) is 72.3 Å². The predicted octanol–water partition coefficient (Wildman–Crippen LogP) is 6.13. The largest absolute Gasteiger partial charge is 0.497 e. The van der Waals surface area contributed by atoms with Gasteiger partial charge in [0.15, 0.2) is 6.10 Å². The molecule has 5 rings (SSSR count). The third-order valence-corrected chi connectivity index (χ3v) is 5.49. The first-order valence-electron chi connectivity index (χ1n) is 11.5. The van der Waals surface area contributed by atoms with Crippen molar-refractivity contribution in [3.05, 3.63) is 130 Å². The first-order chi connectivity index (χ1) is 18.8. The Kier molecular flexibility index (Phi) is 9.86. The number of fused-ring (bicyclic) bond motifs is 1. The summed E-state index contributed by atoms with van der Waals surface area (Å²) in [6.07, 6.45) is 0.138.